The molecule has 2 rings (SSSR count). The van der Waals surface area contributed by atoms with Crippen molar-refractivity contribution >= 4 is 12.1 Å². The highest BCUT2D eigenvalue weighted by Gasteiger charge is 2.43. The van der Waals surface area contributed by atoms with Gasteiger partial charge in [-0.25, -0.2) is 5.10 Å². The van der Waals surface area contributed by atoms with Crippen LogP contribution in [0.2, 0.25) is 0 Å². The number of nitrogens with zero attached hydrogens (tertiary/aromatic N) is 4. The van der Waals surface area contributed by atoms with E-state index in [0.717, 1.165) is 83.7 Å². The molecule has 0 spiro atoms. The monoisotopic (exact) mass is 789 g/mol. The Morgan fingerprint density at radius 3 is 2.00 bits per heavy atom. The summed E-state index contributed by atoms with van der Waals surface area (Å²) < 4.78 is 110. The summed E-state index contributed by atoms with van der Waals surface area (Å²) in [6.07, 6.45) is -2.27. The van der Waals surface area contributed by atoms with Crippen LogP contribution < -0.4 is 5.56 Å². The summed E-state index contributed by atoms with van der Waals surface area (Å²) in [5, 5.41) is 6.13. The van der Waals surface area contributed by atoms with Crippen molar-refractivity contribution in [3.05, 3.63) is 50.6 Å². The zero-order chi connectivity index (χ0) is 41.7. The van der Waals surface area contributed by atoms with Gasteiger partial charge in [0.25, 0.3) is 5.56 Å². The average Bonchev–Trinajstić information content (AvgIpc) is 3.50. The molecule has 312 valence electrons. The molecule has 1 aliphatic carbocycles. The van der Waals surface area contributed by atoms with Gasteiger partial charge in [0.2, 0.25) is 5.91 Å². The fourth-order valence-corrected chi connectivity index (χ4v) is 5.93. The molecule has 1 aromatic heterocycles. The van der Waals surface area contributed by atoms with Crippen molar-refractivity contribution in [1.29, 1.82) is 0 Å². The highest BCUT2D eigenvalue weighted by molar-refractivity contribution is 5.81. The number of carbonyl (C=O) groups is 1. The van der Waals surface area contributed by atoms with Crippen LogP contribution >= 0.6 is 0 Å². The Bertz CT molecular complexity index is 1380. The molecular weight excluding hydrogens is 729 g/mol. The first kappa shape index (κ1) is 50.8. The zero-order valence-corrected chi connectivity index (χ0v) is 33.0. The van der Waals surface area contributed by atoms with Crippen LogP contribution in [0.15, 0.2) is 33.2 Å². The Morgan fingerprint density at radius 1 is 0.926 bits per heavy atom. The number of halogens is 9. The quantitative estimate of drug-likeness (QED) is 0.0968. The van der Waals surface area contributed by atoms with Gasteiger partial charge >= 0.3 is 18.5 Å². The molecule has 2 atom stereocenters. The molecule has 1 aromatic rings. The molecule has 1 heterocycles. The highest BCUT2D eigenvalue weighted by atomic mass is 19.4. The number of carbonyl (C=O) groups excluding carboxylic acids is 1. The molecule has 0 fully saturated rings. The summed E-state index contributed by atoms with van der Waals surface area (Å²) in [6, 6.07) is -0.334. The zero-order valence-electron chi connectivity index (χ0n) is 33.0. The van der Waals surface area contributed by atoms with Gasteiger partial charge in [0.1, 0.15) is 5.56 Å². The SMILES string of the molecule is CCC(F)(F)F.CCCCCN(CCC)C(=O)C(CCC)CN(CCC)C1CCc2c1n[nH]c(=O)c2C(F)(F)F.C\C=C(/C=N/C(C)=C/CC)C(F)(F)F. The first-order valence-corrected chi connectivity index (χ1v) is 18.9. The topological polar surface area (TPSA) is 81.7 Å². The van der Waals surface area contributed by atoms with E-state index in [4.69, 9.17) is 0 Å². The maximum atomic E-state index is 13.6. The van der Waals surface area contributed by atoms with Crippen LogP contribution in [0.25, 0.3) is 0 Å². The number of fused-ring (bicyclic) bond motifs is 1. The molecule has 54 heavy (non-hydrogen) atoms. The molecule has 0 radical (unpaired) electrons. The van der Waals surface area contributed by atoms with E-state index in [-0.39, 0.29) is 29.9 Å². The van der Waals surface area contributed by atoms with Gasteiger partial charge in [0.05, 0.1) is 23.2 Å². The number of alkyl halides is 9. The predicted octanol–water partition coefficient (Wildman–Crippen LogP) is 11.2. The summed E-state index contributed by atoms with van der Waals surface area (Å²) in [4.78, 5) is 33.2. The summed E-state index contributed by atoms with van der Waals surface area (Å²) in [5.74, 6) is -0.0665. The van der Waals surface area contributed by atoms with Crippen molar-refractivity contribution in [1.82, 2.24) is 20.0 Å². The Morgan fingerprint density at radius 2 is 1.54 bits per heavy atom. The number of nitrogens with one attached hydrogen (secondary N) is 1. The van der Waals surface area contributed by atoms with Crippen molar-refractivity contribution in [2.24, 2.45) is 10.9 Å². The van der Waals surface area contributed by atoms with Crippen LogP contribution in [0.3, 0.4) is 0 Å². The van der Waals surface area contributed by atoms with Gasteiger partial charge in [-0.1, -0.05) is 73.0 Å². The number of amides is 1. The van der Waals surface area contributed by atoms with Crippen LogP contribution in [0.1, 0.15) is 142 Å². The Labute approximate surface area is 314 Å². The first-order chi connectivity index (χ1) is 25.2. The van der Waals surface area contributed by atoms with E-state index in [1.54, 1.807) is 13.0 Å². The van der Waals surface area contributed by atoms with Crippen molar-refractivity contribution in [3.8, 4) is 0 Å². The summed E-state index contributed by atoms with van der Waals surface area (Å²) >= 11 is 0. The average molecular weight is 790 g/mol. The molecule has 0 bridgehead atoms. The van der Waals surface area contributed by atoms with Crippen molar-refractivity contribution in [3.63, 3.8) is 0 Å². The minimum atomic E-state index is -4.72. The normalized spacial score (nSPS) is 15.8. The Balaban J connectivity index is 0.00000115. The molecule has 0 aliphatic heterocycles. The highest BCUT2D eigenvalue weighted by Crippen LogP contribution is 2.40. The lowest BCUT2D eigenvalue weighted by molar-refractivity contribution is -0.139. The number of aromatic amines is 1. The van der Waals surface area contributed by atoms with Gasteiger partial charge in [-0.2, -0.15) is 44.6 Å². The fourth-order valence-electron chi connectivity index (χ4n) is 5.93. The summed E-state index contributed by atoms with van der Waals surface area (Å²) in [6.45, 7) is 16.9. The maximum Gasteiger partial charge on any atom is 0.422 e. The first-order valence-electron chi connectivity index (χ1n) is 18.9. The second kappa shape index (κ2) is 25.1. The predicted molar refractivity (Wildman–Crippen MR) is 196 cm³/mol. The molecule has 0 saturated carbocycles. The third-order valence-corrected chi connectivity index (χ3v) is 8.56. The van der Waals surface area contributed by atoms with Crippen molar-refractivity contribution < 1.29 is 44.3 Å². The van der Waals surface area contributed by atoms with Crippen LogP contribution in [-0.2, 0) is 17.4 Å². The molecular formula is C38H60F9N5O2. The van der Waals surface area contributed by atoms with Crippen LogP contribution in [0.5, 0.6) is 0 Å². The third-order valence-electron chi connectivity index (χ3n) is 8.56. The molecule has 1 amide bonds. The molecule has 2 unspecified atom stereocenters. The smallest absolute Gasteiger partial charge is 0.342 e. The van der Waals surface area contributed by atoms with Crippen molar-refractivity contribution in [2.75, 3.05) is 26.2 Å². The fraction of sp³-hybridized carbons (Fsp3) is 0.737. The molecule has 0 saturated heterocycles. The molecule has 1 N–H and O–H groups in total. The van der Waals surface area contributed by atoms with Gasteiger partial charge in [-0.05, 0) is 70.9 Å². The van der Waals surface area contributed by atoms with E-state index in [9.17, 15) is 49.1 Å². The van der Waals surface area contributed by atoms with E-state index in [1.165, 1.54) is 6.92 Å². The van der Waals surface area contributed by atoms with Crippen LogP contribution in [0.4, 0.5) is 39.5 Å². The van der Waals surface area contributed by atoms with E-state index in [0.29, 0.717) is 30.9 Å². The number of hydrogen-bond acceptors (Lipinski definition) is 5. The van der Waals surface area contributed by atoms with Gasteiger partial charge in [0, 0.05) is 38.0 Å². The number of rotatable bonds is 17. The molecule has 7 nitrogen and oxygen atoms in total. The van der Waals surface area contributed by atoms with E-state index in [2.05, 4.69) is 40.9 Å². The number of aromatic nitrogens is 2. The number of allylic oxidation sites excluding steroid dienone is 4. The van der Waals surface area contributed by atoms with Gasteiger partial charge in [-0.3, -0.25) is 19.5 Å². The van der Waals surface area contributed by atoms with Gasteiger partial charge in [0.15, 0.2) is 0 Å². The summed E-state index contributed by atoms with van der Waals surface area (Å²) in [5.41, 5.74) is -2.13. The second-order valence-electron chi connectivity index (χ2n) is 13.1. The number of unbranched alkanes of at least 4 members (excludes halogenated alkanes) is 2. The molecule has 16 heteroatoms. The van der Waals surface area contributed by atoms with Gasteiger partial charge in [-0.15, -0.1) is 0 Å². The summed E-state index contributed by atoms with van der Waals surface area (Å²) in [7, 11) is 0. The van der Waals surface area contributed by atoms with E-state index < -0.39 is 41.6 Å². The third kappa shape index (κ3) is 18.4. The largest absolute Gasteiger partial charge is 0.422 e. The van der Waals surface area contributed by atoms with E-state index in [1.807, 2.05) is 18.7 Å². The number of aliphatic imine (C=N–C) groups is 1. The minimum absolute atomic E-state index is 0.00731. The van der Waals surface area contributed by atoms with Crippen molar-refractivity contribution in [2.45, 2.75) is 151 Å². The second-order valence-corrected chi connectivity index (χ2v) is 13.1. The van der Waals surface area contributed by atoms with Gasteiger partial charge < -0.3 is 4.90 Å². The van der Waals surface area contributed by atoms with Crippen LogP contribution in [0, 0.1) is 5.92 Å². The lowest BCUT2D eigenvalue weighted by Gasteiger charge is -2.34. The minimum Gasteiger partial charge on any atom is -0.342 e. The standard InChI is InChI=1S/C25H41F3N4O2.C10H14F3N.C3H5F3/c1-5-9-10-16-31(14-7-3)24(34)18(11-6-2)17-32(15-8-4)20-13-12-19-21(25(26,27)28)23(33)30-29-22(19)20;1-4-6-8(3)14-7-9(5-2)10(11,12)13;1-2-3(4,5)6/h18,20H,5-17H2,1-4H3,(H,30,33);5-7H,4H2,1-3H3;2H2,1H3/b;8-6+,9-5+,14-7+;. The van der Waals surface area contributed by atoms with Crippen LogP contribution in [-0.4, -0.2) is 70.7 Å². The Kier molecular flexibility index (Phi) is 23.6. The lowest BCUT2D eigenvalue weighted by atomic mass is 9.99. The number of hydrogen-bond donors (Lipinski definition) is 1. The lowest BCUT2D eigenvalue weighted by Crippen LogP contribution is -2.43. The number of H-pyrrole nitrogens is 1. The maximum absolute atomic E-state index is 13.6. The van der Waals surface area contributed by atoms with E-state index >= 15 is 0 Å². The molecule has 0 aromatic carbocycles. The molecule has 1 aliphatic rings. The Hall–Kier alpha value is -3.17.